The summed E-state index contributed by atoms with van der Waals surface area (Å²) in [5.41, 5.74) is 2.53. The molecule has 1 N–H and O–H groups in total. The summed E-state index contributed by atoms with van der Waals surface area (Å²) in [5.74, 6) is -0.754. The number of nitrogens with zero attached hydrogens (tertiary/aromatic N) is 3. The Morgan fingerprint density at radius 1 is 0.967 bits per heavy atom. The van der Waals surface area contributed by atoms with Gasteiger partial charge in [-0.25, -0.2) is 9.97 Å². The molecule has 3 heterocycles. The van der Waals surface area contributed by atoms with Crippen LogP contribution in [0.1, 0.15) is 23.2 Å². The van der Waals surface area contributed by atoms with Crippen LogP contribution in [0.4, 0.5) is 10.8 Å². The first kappa shape index (κ1) is 18.6. The van der Waals surface area contributed by atoms with Crippen molar-refractivity contribution in [3.8, 4) is 10.7 Å². The Morgan fingerprint density at radius 3 is 2.43 bits per heavy atom. The van der Waals surface area contributed by atoms with Crippen molar-refractivity contribution in [3.63, 3.8) is 0 Å². The summed E-state index contributed by atoms with van der Waals surface area (Å²) < 4.78 is 1.08. The third-order valence-corrected chi connectivity index (χ3v) is 6.49. The molecule has 1 saturated heterocycles. The van der Waals surface area contributed by atoms with Crippen LogP contribution >= 0.6 is 22.7 Å². The van der Waals surface area contributed by atoms with Crippen molar-refractivity contribution < 1.29 is 14.4 Å². The van der Waals surface area contributed by atoms with E-state index in [0.29, 0.717) is 16.4 Å². The Morgan fingerprint density at radius 2 is 1.70 bits per heavy atom. The fraction of sp³-hybridized carbons (Fsp3) is 0.0952. The van der Waals surface area contributed by atoms with Crippen LogP contribution in [0.5, 0.6) is 0 Å². The maximum Gasteiger partial charge on any atom is 0.257 e. The van der Waals surface area contributed by atoms with E-state index < -0.39 is 0 Å². The Labute approximate surface area is 179 Å². The van der Waals surface area contributed by atoms with Gasteiger partial charge < -0.3 is 0 Å². The molecule has 0 radical (unpaired) electrons. The Kier molecular flexibility index (Phi) is 4.61. The van der Waals surface area contributed by atoms with E-state index in [0.717, 1.165) is 25.8 Å². The van der Waals surface area contributed by atoms with E-state index in [-0.39, 0.29) is 30.6 Å². The third-order valence-electron chi connectivity index (χ3n) is 4.68. The number of fused-ring (bicyclic) bond motifs is 1. The predicted molar refractivity (Wildman–Crippen MR) is 117 cm³/mol. The quantitative estimate of drug-likeness (QED) is 0.483. The average molecular weight is 435 g/mol. The normalized spacial score (nSPS) is 13.9. The van der Waals surface area contributed by atoms with Crippen LogP contribution in [0.2, 0.25) is 0 Å². The van der Waals surface area contributed by atoms with Gasteiger partial charge in [0, 0.05) is 23.8 Å². The van der Waals surface area contributed by atoms with E-state index in [1.807, 2.05) is 29.6 Å². The molecule has 5 rings (SSSR count). The summed E-state index contributed by atoms with van der Waals surface area (Å²) in [5, 5.41) is 5.93. The fourth-order valence-electron chi connectivity index (χ4n) is 3.21. The average Bonchev–Trinajstić information content (AvgIpc) is 3.46. The summed E-state index contributed by atoms with van der Waals surface area (Å²) in [6, 6.07) is 14.3. The van der Waals surface area contributed by atoms with Crippen molar-refractivity contribution in [1.82, 2.24) is 9.97 Å². The van der Waals surface area contributed by atoms with E-state index >= 15 is 0 Å². The topological polar surface area (TPSA) is 92.3 Å². The molecule has 1 aliphatic rings. The third kappa shape index (κ3) is 3.38. The number of aromatic nitrogens is 2. The number of carbonyl (C=O) groups excluding carboxylic acids is 3. The number of benzene rings is 2. The molecule has 1 aliphatic heterocycles. The SMILES string of the molecule is O=C(Nc1nc(-c2nc3ccccc3s2)cs1)c1ccc(N2C(=O)CCC2=O)cc1. The van der Waals surface area contributed by atoms with E-state index in [2.05, 4.69) is 15.3 Å². The zero-order valence-corrected chi connectivity index (χ0v) is 17.1. The first-order valence-corrected chi connectivity index (χ1v) is 10.9. The minimum absolute atomic E-state index is 0.220. The molecule has 30 heavy (non-hydrogen) atoms. The van der Waals surface area contributed by atoms with Crippen molar-refractivity contribution >= 4 is 61.4 Å². The molecule has 0 unspecified atom stereocenters. The van der Waals surface area contributed by atoms with Crippen molar-refractivity contribution in [1.29, 1.82) is 0 Å². The Bertz CT molecular complexity index is 1240. The minimum atomic E-state index is -0.314. The smallest absolute Gasteiger partial charge is 0.257 e. The number of para-hydroxylation sites is 1. The van der Waals surface area contributed by atoms with Gasteiger partial charge in [-0.15, -0.1) is 22.7 Å². The van der Waals surface area contributed by atoms with Crippen molar-refractivity contribution in [2.45, 2.75) is 12.8 Å². The number of anilines is 2. The van der Waals surface area contributed by atoms with Crippen LogP contribution < -0.4 is 10.2 Å². The molecule has 0 spiro atoms. The first-order chi connectivity index (χ1) is 14.6. The number of hydrogen-bond donors (Lipinski definition) is 1. The molecular formula is C21H14N4O3S2. The predicted octanol–water partition coefficient (Wildman–Crippen LogP) is 4.33. The van der Waals surface area contributed by atoms with Gasteiger partial charge in [-0.1, -0.05) is 12.1 Å². The zero-order chi connectivity index (χ0) is 20.7. The van der Waals surface area contributed by atoms with Crippen LogP contribution in [0.3, 0.4) is 0 Å². The summed E-state index contributed by atoms with van der Waals surface area (Å²) in [6.07, 6.45) is 0.449. The lowest BCUT2D eigenvalue weighted by molar-refractivity contribution is -0.121. The van der Waals surface area contributed by atoms with Gasteiger partial charge in [0.05, 0.1) is 15.9 Å². The van der Waals surface area contributed by atoms with E-state index in [4.69, 9.17) is 0 Å². The highest BCUT2D eigenvalue weighted by atomic mass is 32.1. The van der Waals surface area contributed by atoms with Gasteiger partial charge in [0.2, 0.25) is 11.8 Å². The van der Waals surface area contributed by atoms with Gasteiger partial charge >= 0.3 is 0 Å². The molecule has 7 nitrogen and oxygen atoms in total. The lowest BCUT2D eigenvalue weighted by Gasteiger charge is -2.13. The molecule has 0 bridgehead atoms. The number of imide groups is 1. The summed E-state index contributed by atoms with van der Waals surface area (Å²) in [6.45, 7) is 0. The van der Waals surface area contributed by atoms with Crippen molar-refractivity contribution in [2.24, 2.45) is 0 Å². The molecule has 0 aliphatic carbocycles. The first-order valence-electron chi connectivity index (χ1n) is 9.17. The molecule has 0 atom stereocenters. The maximum absolute atomic E-state index is 12.6. The Hall–Kier alpha value is -3.43. The zero-order valence-electron chi connectivity index (χ0n) is 15.5. The van der Waals surface area contributed by atoms with Gasteiger partial charge in [-0.3, -0.25) is 24.6 Å². The highest BCUT2D eigenvalue weighted by Crippen LogP contribution is 2.32. The lowest BCUT2D eigenvalue weighted by Crippen LogP contribution is -2.28. The van der Waals surface area contributed by atoms with Crippen LogP contribution in [0.25, 0.3) is 20.9 Å². The summed E-state index contributed by atoms with van der Waals surface area (Å²) in [4.78, 5) is 46.5. The molecule has 3 amide bonds. The van der Waals surface area contributed by atoms with Gasteiger partial charge in [-0.05, 0) is 36.4 Å². The molecule has 9 heteroatoms. The molecular weight excluding hydrogens is 420 g/mol. The van der Waals surface area contributed by atoms with Crippen LogP contribution in [0.15, 0.2) is 53.9 Å². The highest BCUT2D eigenvalue weighted by Gasteiger charge is 2.30. The van der Waals surface area contributed by atoms with Gasteiger partial charge in [0.15, 0.2) is 5.13 Å². The van der Waals surface area contributed by atoms with Gasteiger partial charge in [-0.2, -0.15) is 0 Å². The second-order valence-electron chi connectivity index (χ2n) is 6.65. The second-order valence-corrected chi connectivity index (χ2v) is 8.54. The molecule has 2 aromatic carbocycles. The highest BCUT2D eigenvalue weighted by molar-refractivity contribution is 7.22. The fourth-order valence-corrected chi connectivity index (χ4v) is 4.90. The molecule has 2 aromatic heterocycles. The summed E-state index contributed by atoms with van der Waals surface area (Å²) >= 11 is 2.88. The van der Waals surface area contributed by atoms with E-state index in [1.165, 1.54) is 11.3 Å². The number of nitrogens with one attached hydrogen (secondary N) is 1. The number of carbonyl (C=O) groups is 3. The van der Waals surface area contributed by atoms with Gasteiger partial charge in [0.1, 0.15) is 10.7 Å². The van der Waals surface area contributed by atoms with Crippen LogP contribution in [-0.4, -0.2) is 27.7 Å². The Balaban J connectivity index is 1.31. The van der Waals surface area contributed by atoms with Crippen LogP contribution in [0, 0.1) is 0 Å². The number of thiazole rings is 2. The van der Waals surface area contributed by atoms with Crippen molar-refractivity contribution in [2.75, 3.05) is 10.2 Å². The summed E-state index contributed by atoms with van der Waals surface area (Å²) in [7, 11) is 0. The molecule has 0 saturated carbocycles. The van der Waals surface area contributed by atoms with Crippen molar-refractivity contribution in [3.05, 3.63) is 59.5 Å². The molecule has 4 aromatic rings. The molecule has 148 valence electrons. The number of rotatable bonds is 4. The van der Waals surface area contributed by atoms with Gasteiger partial charge in [0.25, 0.3) is 5.91 Å². The molecule has 1 fully saturated rings. The second kappa shape index (κ2) is 7.43. The largest absolute Gasteiger partial charge is 0.298 e. The lowest BCUT2D eigenvalue weighted by atomic mass is 10.2. The minimum Gasteiger partial charge on any atom is -0.298 e. The van der Waals surface area contributed by atoms with Crippen LogP contribution in [-0.2, 0) is 9.59 Å². The number of hydrogen-bond acceptors (Lipinski definition) is 7. The standard InChI is InChI=1S/C21H14N4O3S2/c26-17-9-10-18(27)25(17)13-7-5-12(6-8-13)19(28)24-21-23-15(11-29-21)20-22-14-3-1-2-4-16(14)30-20/h1-8,11H,9-10H2,(H,23,24,28). The number of amides is 3. The maximum atomic E-state index is 12.6. The monoisotopic (exact) mass is 434 g/mol. The van der Waals surface area contributed by atoms with E-state index in [9.17, 15) is 14.4 Å². The van der Waals surface area contributed by atoms with E-state index in [1.54, 1.807) is 35.6 Å².